The van der Waals surface area contributed by atoms with Crippen LogP contribution >= 0.6 is 11.3 Å². The fourth-order valence-corrected chi connectivity index (χ4v) is 10.3. The zero-order chi connectivity index (χ0) is 43.7. The first-order valence-electron chi connectivity index (χ1n) is 21.3. The normalized spacial score (nSPS) is 21.1. The third kappa shape index (κ3) is 8.20. The molecular formula is C44H52F2N8O7S. The fraction of sp³-hybridized carbons (Fsp3) is 0.591. The van der Waals surface area contributed by atoms with Gasteiger partial charge in [-0.15, -0.1) is 11.3 Å². The van der Waals surface area contributed by atoms with Crippen LogP contribution < -0.4 is 15.0 Å². The van der Waals surface area contributed by atoms with Gasteiger partial charge in [-0.05, 0) is 84.8 Å². The number of anilines is 2. The lowest BCUT2D eigenvalue weighted by atomic mass is 9.93. The number of hydrogen-bond donors (Lipinski definition) is 1. The highest BCUT2D eigenvalue weighted by molar-refractivity contribution is 7.23. The number of pyridine rings is 1. The highest BCUT2D eigenvalue weighted by Crippen LogP contribution is 2.50. The van der Waals surface area contributed by atoms with Crippen LogP contribution in [0, 0.1) is 28.4 Å². The van der Waals surface area contributed by atoms with E-state index in [-0.39, 0.29) is 80.2 Å². The molecule has 9 rings (SSSR count). The molecular weight excluding hydrogens is 823 g/mol. The molecule has 0 radical (unpaired) electrons. The van der Waals surface area contributed by atoms with E-state index in [1.54, 1.807) is 25.7 Å². The van der Waals surface area contributed by atoms with Crippen LogP contribution in [0.25, 0.3) is 32.2 Å². The zero-order valence-corrected chi connectivity index (χ0v) is 36.8. The number of fused-ring (bicyclic) bond motifs is 6. The van der Waals surface area contributed by atoms with E-state index in [9.17, 15) is 14.9 Å². The molecule has 5 aliphatic rings. The van der Waals surface area contributed by atoms with Crippen LogP contribution in [0.3, 0.4) is 0 Å². The molecule has 15 nitrogen and oxygen atoms in total. The second kappa shape index (κ2) is 16.0. The second-order valence-corrected chi connectivity index (χ2v) is 20.1. The molecule has 1 aromatic carbocycles. The number of piperazine rings is 1. The smallest absolute Gasteiger partial charge is 0.412 e. The van der Waals surface area contributed by atoms with Gasteiger partial charge in [0, 0.05) is 67.8 Å². The van der Waals surface area contributed by atoms with Crippen molar-refractivity contribution < 1.29 is 42.1 Å². The third-order valence-corrected chi connectivity index (χ3v) is 13.2. The maximum atomic E-state index is 18.0. The molecule has 0 spiro atoms. The van der Waals surface area contributed by atoms with E-state index in [4.69, 9.17) is 33.7 Å². The van der Waals surface area contributed by atoms with Gasteiger partial charge in [0.1, 0.15) is 33.6 Å². The SMILES string of the molecule is CC(C)(C)OC(=O)Nc1sc2c(F)cnc(-c3c4c(c5c(N6C7CCC6CN(C(=O)OC(C)(C)C)C7)nc(OCC6(CN7CCCOCC7)CC6)nc5c3F)COC4)c2c1C#N. The zero-order valence-electron chi connectivity index (χ0n) is 36.0. The van der Waals surface area contributed by atoms with Crippen molar-refractivity contribution in [3.05, 3.63) is 34.5 Å². The first-order valence-corrected chi connectivity index (χ1v) is 22.2. The van der Waals surface area contributed by atoms with E-state index in [2.05, 4.69) is 26.2 Å². The van der Waals surface area contributed by atoms with Crippen molar-refractivity contribution in [2.24, 2.45) is 5.41 Å². The molecule has 3 saturated heterocycles. The van der Waals surface area contributed by atoms with Crippen LogP contribution in [0.4, 0.5) is 29.2 Å². The predicted octanol–water partition coefficient (Wildman–Crippen LogP) is 7.90. The Bertz CT molecular complexity index is 2470. The van der Waals surface area contributed by atoms with Gasteiger partial charge in [-0.2, -0.15) is 15.2 Å². The number of nitrogens with one attached hydrogen (secondary N) is 1. The van der Waals surface area contributed by atoms with Crippen molar-refractivity contribution in [3.8, 4) is 23.3 Å². The van der Waals surface area contributed by atoms with E-state index in [1.165, 1.54) is 0 Å². The Hall–Kier alpha value is -4.96. The van der Waals surface area contributed by atoms with Crippen molar-refractivity contribution >= 4 is 55.3 Å². The Kier molecular flexibility index (Phi) is 10.9. The minimum atomic E-state index is -0.837. The van der Waals surface area contributed by atoms with Crippen molar-refractivity contribution in [1.29, 1.82) is 5.26 Å². The van der Waals surface area contributed by atoms with Crippen LogP contribution in [-0.4, -0.2) is 113 Å². The maximum absolute atomic E-state index is 18.0. The number of nitrogens with zero attached hydrogens (tertiary/aromatic N) is 7. The molecule has 2 atom stereocenters. The van der Waals surface area contributed by atoms with Gasteiger partial charge in [-0.3, -0.25) is 10.3 Å². The fourth-order valence-electron chi connectivity index (χ4n) is 9.24. The van der Waals surface area contributed by atoms with E-state index in [0.717, 1.165) is 75.9 Å². The molecule has 18 heteroatoms. The summed E-state index contributed by atoms with van der Waals surface area (Å²) in [6, 6.07) is 1.82. The van der Waals surface area contributed by atoms with Crippen LogP contribution in [-0.2, 0) is 32.2 Å². The van der Waals surface area contributed by atoms with E-state index in [0.29, 0.717) is 48.6 Å². The molecule has 2 unspecified atom stereocenters. The summed E-state index contributed by atoms with van der Waals surface area (Å²) < 4.78 is 63.1. The summed E-state index contributed by atoms with van der Waals surface area (Å²) in [5, 5.41) is 13.6. The minimum absolute atomic E-state index is 0.00808. The number of halogens is 2. The van der Waals surface area contributed by atoms with Gasteiger partial charge >= 0.3 is 18.2 Å². The summed E-state index contributed by atoms with van der Waals surface area (Å²) in [6.07, 6.45) is 4.26. The first-order chi connectivity index (χ1) is 29.5. The highest BCUT2D eigenvalue weighted by Gasteiger charge is 2.47. The van der Waals surface area contributed by atoms with Crippen molar-refractivity contribution in [1.82, 2.24) is 24.8 Å². The lowest BCUT2D eigenvalue weighted by Gasteiger charge is -2.42. The monoisotopic (exact) mass is 874 g/mol. The average Bonchev–Trinajstić information content (AvgIpc) is 3.62. The van der Waals surface area contributed by atoms with Crippen molar-refractivity contribution in [2.45, 2.75) is 110 Å². The van der Waals surface area contributed by atoms with E-state index < -0.39 is 28.9 Å². The Balaban J connectivity index is 1.16. The molecule has 7 heterocycles. The number of nitriles is 1. The van der Waals surface area contributed by atoms with Gasteiger partial charge in [0.05, 0.1) is 54.0 Å². The lowest BCUT2D eigenvalue weighted by Crippen LogP contribution is -2.56. The molecule has 3 aromatic heterocycles. The van der Waals surface area contributed by atoms with Gasteiger partial charge in [0.15, 0.2) is 11.6 Å². The Morgan fingerprint density at radius 1 is 0.984 bits per heavy atom. The number of benzene rings is 1. The number of carbonyl (C=O) groups is 2. The van der Waals surface area contributed by atoms with Gasteiger partial charge in [0.25, 0.3) is 0 Å². The molecule has 2 amide bonds. The summed E-state index contributed by atoms with van der Waals surface area (Å²) >= 11 is 0.843. The van der Waals surface area contributed by atoms with Gasteiger partial charge in [0.2, 0.25) is 0 Å². The van der Waals surface area contributed by atoms with E-state index in [1.807, 2.05) is 20.8 Å². The lowest BCUT2D eigenvalue weighted by molar-refractivity contribution is 0.0209. The predicted molar refractivity (Wildman–Crippen MR) is 227 cm³/mol. The average molecular weight is 875 g/mol. The van der Waals surface area contributed by atoms with Crippen molar-refractivity contribution in [3.63, 3.8) is 0 Å². The number of likely N-dealkylation sites (tertiary alicyclic amines) is 1. The molecule has 1 aliphatic carbocycles. The largest absolute Gasteiger partial charge is 0.463 e. The van der Waals surface area contributed by atoms with Crippen molar-refractivity contribution in [2.75, 3.05) is 62.8 Å². The molecule has 2 bridgehead atoms. The Morgan fingerprint density at radius 3 is 2.40 bits per heavy atom. The molecule has 4 aliphatic heterocycles. The number of amides is 2. The van der Waals surface area contributed by atoms with Crippen LogP contribution in [0.1, 0.15) is 90.3 Å². The molecule has 62 heavy (non-hydrogen) atoms. The van der Waals surface area contributed by atoms with Gasteiger partial charge in [-0.1, -0.05) is 0 Å². The molecule has 330 valence electrons. The second-order valence-electron chi connectivity index (χ2n) is 19.1. The highest BCUT2D eigenvalue weighted by atomic mass is 32.1. The van der Waals surface area contributed by atoms with E-state index >= 15 is 8.78 Å². The quantitative estimate of drug-likeness (QED) is 0.182. The number of hydrogen-bond acceptors (Lipinski definition) is 14. The third-order valence-electron chi connectivity index (χ3n) is 12.1. The summed E-state index contributed by atoms with van der Waals surface area (Å²) in [6.45, 7) is 15.9. The summed E-state index contributed by atoms with van der Waals surface area (Å²) in [7, 11) is 0. The number of rotatable bonds is 8. The summed E-state index contributed by atoms with van der Waals surface area (Å²) in [5.74, 6) is -0.989. The van der Waals surface area contributed by atoms with Crippen LogP contribution in [0.2, 0.25) is 0 Å². The number of thiophene rings is 1. The molecule has 4 fully saturated rings. The van der Waals surface area contributed by atoms with Gasteiger partial charge < -0.3 is 38.4 Å². The van der Waals surface area contributed by atoms with Gasteiger partial charge in [-0.25, -0.2) is 18.4 Å². The summed E-state index contributed by atoms with van der Waals surface area (Å²) in [5.41, 5.74) is -0.541. The Labute approximate surface area is 362 Å². The standard InChI is InChI=1S/C44H52F2N8O7S/c1-42(2,3)60-40(55)51-38-26(16-47)31-34(48-17-29(45)36(31)62-38)30-27-20-58-21-28(27)32-35(33(30)46)49-39(59-23-44(10-11-44)22-52-12-7-14-57-15-13-52)50-37(32)54-24-8-9-25(54)19-53(18-24)41(56)61-43(4,5)6/h17,24-25H,7-15,18-23H2,1-6H3,(H,51,55). The van der Waals surface area contributed by atoms with Crippen LogP contribution in [0.5, 0.6) is 6.01 Å². The number of ether oxygens (including phenoxy) is 5. The maximum Gasteiger partial charge on any atom is 0.412 e. The molecule has 1 N–H and O–H groups in total. The Morgan fingerprint density at radius 2 is 1.71 bits per heavy atom. The molecule has 4 aromatic rings. The van der Waals surface area contributed by atoms with Crippen LogP contribution in [0.15, 0.2) is 6.20 Å². The number of carbonyl (C=O) groups excluding carboxylic acids is 2. The molecule has 1 saturated carbocycles. The number of aromatic nitrogens is 3. The topological polar surface area (TPSA) is 164 Å². The minimum Gasteiger partial charge on any atom is -0.463 e. The first kappa shape index (κ1) is 42.3. The summed E-state index contributed by atoms with van der Waals surface area (Å²) in [4.78, 5) is 46.9.